The first-order valence-corrected chi connectivity index (χ1v) is 12.0. The lowest BCUT2D eigenvalue weighted by Crippen LogP contribution is -2.39. The van der Waals surface area contributed by atoms with Gasteiger partial charge in [0.2, 0.25) is 5.91 Å². The highest BCUT2D eigenvalue weighted by Gasteiger charge is 2.48. The number of aryl methyl sites for hydroxylation is 3. The molecule has 33 heavy (non-hydrogen) atoms. The molecule has 2 aromatic rings. The van der Waals surface area contributed by atoms with Crippen molar-refractivity contribution < 1.29 is 4.79 Å². The average Bonchev–Trinajstić information content (AvgIpc) is 3.34. The molecule has 0 aromatic heterocycles. The number of allylic oxidation sites excluding steroid dienone is 1. The minimum absolute atomic E-state index is 0.297. The number of amides is 1. The van der Waals surface area contributed by atoms with E-state index < -0.39 is 0 Å². The number of hydrogen-bond acceptors (Lipinski definition) is 3. The van der Waals surface area contributed by atoms with Crippen LogP contribution in [-0.4, -0.2) is 42.0 Å². The quantitative estimate of drug-likeness (QED) is 0.456. The molecule has 0 spiro atoms. The molecule has 5 nitrogen and oxygen atoms in total. The van der Waals surface area contributed by atoms with Gasteiger partial charge in [-0.25, -0.2) is 0 Å². The summed E-state index contributed by atoms with van der Waals surface area (Å²) >= 11 is 0. The van der Waals surface area contributed by atoms with E-state index in [4.69, 9.17) is 5.41 Å². The van der Waals surface area contributed by atoms with Gasteiger partial charge in [-0.15, -0.1) is 0 Å². The largest absolute Gasteiger partial charge is 0.336 e. The van der Waals surface area contributed by atoms with E-state index in [2.05, 4.69) is 71.1 Å². The molecule has 5 rings (SSSR count). The first kappa shape index (κ1) is 21.6. The molecule has 3 aliphatic rings. The molecule has 2 bridgehead atoms. The van der Waals surface area contributed by atoms with Crippen LogP contribution in [0.3, 0.4) is 0 Å². The lowest BCUT2D eigenvalue weighted by Gasteiger charge is -2.30. The lowest BCUT2D eigenvalue weighted by atomic mass is 9.88. The predicted molar refractivity (Wildman–Crippen MR) is 135 cm³/mol. The molecular weight excluding hydrogens is 408 g/mol. The van der Waals surface area contributed by atoms with E-state index in [1.807, 2.05) is 12.4 Å². The van der Waals surface area contributed by atoms with E-state index >= 15 is 0 Å². The Bertz CT molecular complexity index is 1130. The van der Waals surface area contributed by atoms with Gasteiger partial charge < -0.3 is 9.80 Å². The number of nitrogens with one attached hydrogen (secondary N) is 1. The number of fused-ring (bicyclic) bond motifs is 2. The maximum absolute atomic E-state index is 13.2. The molecule has 3 atom stereocenters. The summed E-state index contributed by atoms with van der Waals surface area (Å²) in [4.78, 5) is 21.5. The van der Waals surface area contributed by atoms with Gasteiger partial charge in [-0.2, -0.15) is 0 Å². The standard InChI is InChI=1S/C28H32N4O/c1-19-5-3-4-6-21(19)8-12-28(33)32-25-9-11-27(32)23(14-25)17-31(18-29)26-10-7-22(13-20(26)2)24-15-30-16-24/h3-7,10,13,15-16,18,23,25,27,29H,8-9,11-12,14,17H2,1-2H3/t23-,25?,27+/m1/s1. The fraction of sp³-hybridized carbons (Fsp3) is 0.393. The highest BCUT2D eigenvalue weighted by atomic mass is 16.2. The molecule has 0 radical (unpaired) electrons. The van der Waals surface area contributed by atoms with Crippen molar-refractivity contribution in [1.29, 1.82) is 5.41 Å². The normalized spacial score (nSPS) is 22.8. The van der Waals surface area contributed by atoms with E-state index in [-0.39, 0.29) is 0 Å². The summed E-state index contributed by atoms with van der Waals surface area (Å²) in [6.07, 6.45) is 9.85. The van der Waals surface area contributed by atoms with Crippen molar-refractivity contribution in [3.8, 4) is 0 Å². The molecule has 1 unspecified atom stereocenters. The van der Waals surface area contributed by atoms with Crippen LogP contribution in [0.5, 0.6) is 0 Å². The first-order chi connectivity index (χ1) is 16.0. The van der Waals surface area contributed by atoms with Gasteiger partial charge in [-0.1, -0.05) is 30.3 Å². The highest BCUT2D eigenvalue weighted by molar-refractivity contribution is 6.14. The summed E-state index contributed by atoms with van der Waals surface area (Å²) in [5, 5.41) is 8.08. The van der Waals surface area contributed by atoms with Crippen molar-refractivity contribution in [2.45, 2.75) is 58.0 Å². The molecule has 2 saturated heterocycles. The summed E-state index contributed by atoms with van der Waals surface area (Å²) in [7, 11) is 0. The van der Waals surface area contributed by atoms with Crippen LogP contribution in [0.2, 0.25) is 0 Å². The van der Waals surface area contributed by atoms with Gasteiger partial charge in [0.05, 0.1) is 6.34 Å². The van der Waals surface area contributed by atoms with Gasteiger partial charge in [0.25, 0.3) is 0 Å². The van der Waals surface area contributed by atoms with Crippen LogP contribution < -0.4 is 4.90 Å². The number of aliphatic imine (C=N–C) groups is 1. The smallest absolute Gasteiger partial charge is 0.223 e. The van der Waals surface area contributed by atoms with Gasteiger partial charge in [0.1, 0.15) is 0 Å². The summed E-state index contributed by atoms with van der Waals surface area (Å²) in [6.45, 7) is 5.01. The van der Waals surface area contributed by atoms with E-state index in [1.54, 1.807) is 0 Å². The number of benzene rings is 2. The summed E-state index contributed by atoms with van der Waals surface area (Å²) in [5.41, 5.74) is 7.08. The highest BCUT2D eigenvalue weighted by Crippen LogP contribution is 2.43. The predicted octanol–water partition coefficient (Wildman–Crippen LogP) is 5.15. The molecule has 1 N–H and O–H groups in total. The van der Waals surface area contributed by atoms with E-state index in [0.29, 0.717) is 30.3 Å². The van der Waals surface area contributed by atoms with Crippen molar-refractivity contribution in [2.75, 3.05) is 11.4 Å². The third-order valence-corrected chi connectivity index (χ3v) is 7.68. The molecule has 0 aliphatic carbocycles. The van der Waals surface area contributed by atoms with Crippen molar-refractivity contribution in [2.24, 2.45) is 10.9 Å². The molecule has 1 amide bonds. The molecule has 3 aliphatic heterocycles. The topological polar surface area (TPSA) is 59.8 Å². The maximum atomic E-state index is 13.2. The Morgan fingerprint density at radius 3 is 2.70 bits per heavy atom. The van der Waals surface area contributed by atoms with Gasteiger partial charge in [-0.3, -0.25) is 15.2 Å². The fourth-order valence-corrected chi connectivity index (χ4v) is 5.89. The van der Waals surface area contributed by atoms with Crippen molar-refractivity contribution >= 4 is 29.7 Å². The van der Waals surface area contributed by atoms with Crippen molar-refractivity contribution in [3.63, 3.8) is 0 Å². The van der Waals surface area contributed by atoms with Gasteiger partial charge in [0, 0.05) is 48.7 Å². The second kappa shape index (κ2) is 8.97. The van der Waals surface area contributed by atoms with Gasteiger partial charge >= 0.3 is 0 Å². The second-order valence-corrected chi connectivity index (χ2v) is 9.67. The zero-order chi connectivity index (χ0) is 22.9. The van der Waals surface area contributed by atoms with Gasteiger partial charge in [-0.05, 0) is 79.8 Å². The summed E-state index contributed by atoms with van der Waals surface area (Å²) in [5.74, 6) is 0.707. The van der Waals surface area contributed by atoms with Crippen molar-refractivity contribution in [1.82, 2.24) is 4.90 Å². The zero-order valence-corrected chi connectivity index (χ0v) is 19.5. The maximum Gasteiger partial charge on any atom is 0.223 e. The number of rotatable bonds is 8. The van der Waals surface area contributed by atoms with Gasteiger partial charge in [0.15, 0.2) is 0 Å². The molecular formula is C28H32N4O. The Kier molecular flexibility index (Phi) is 5.88. The Morgan fingerprint density at radius 2 is 2.00 bits per heavy atom. The Labute approximate surface area is 196 Å². The van der Waals surface area contributed by atoms with E-state index in [0.717, 1.165) is 49.1 Å². The van der Waals surface area contributed by atoms with E-state index in [9.17, 15) is 4.79 Å². The summed E-state index contributed by atoms with van der Waals surface area (Å²) < 4.78 is 0. The van der Waals surface area contributed by atoms with Crippen LogP contribution in [0.25, 0.3) is 5.57 Å². The molecule has 0 saturated carbocycles. The van der Waals surface area contributed by atoms with Crippen molar-refractivity contribution in [3.05, 3.63) is 70.9 Å². The third kappa shape index (κ3) is 4.12. The molecule has 5 heteroatoms. The number of carbonyl (C=O) groups excluding carboxylic acids is 1. The Hall–Kier alpha value is -3.21. The van der Waals surface area contributed by atoms with Crippen LogP contribution in [0.4, 0.5) is 5.69 Å². The monoisotopic (exact) mass is 440 g/mol. The number of anilines is 1. The molecule has 2 fully saturated rings. The van der Waals surface area contributed by atoms with Crippen LogP contribution in [0.1, 0.15) is 47.9 Å². The van der Waals surface area contributed by atoms with Crippen LogP contribution in [-0.2, 0) is 11.2 Å². The SMILES string of the molecule is Cc1ccccc1CCC(=O)N1C2CC[C@H]1[C@@H](CN(C=N)c1ccc(C3=CN=C3)cc1C)C2. The number of nitrogens with zero attached hydrogens (tertiary/aromatic N) is 3. The number of carbonyl (C=O) groups is 1. The van der Waals surface area contributed by atoms with E-state index in [1.165, 1.54) is 23.0 Å². The molecule has 2 aromatic carbocycles. The van der Waals surface area contributed by atoms with Crippen LogP contribution in [0, 0.1) is 25.2 Å². The number of hydrogen-bond donors (Lipinski definition) is 1. The second-order valence-electron chi connectivity index (χ2n) is 9.67. The van der Waals surface area contributed by atoms with Crippen LogP contribution in [0.15, 0.2) is 53.7 Å². The Morgan fingerprint density at radius 1 is 1.18 bits per heavy atom. The average molecular weight is 441 g/mol. The third-order valence-electron chi connectivity index (χ3n) is 7.68. The first-order valence-electron chi connectivity index (χ1n) is 12.0. The van der Waals surface area contributed by atoms with Crippen LogP contribution >= 0.6 is 0 Å². The molecule has 3 heterocycles. The minimum Gasteiger partial charge on any atom is -0.336 e. The lowest BCUT2D eigenvalue weighted by molar-refractivity contribution is -0.132. The minimum atomic E-state index is 0.297. The summed E-state index contributed by atoms with van der Waals surface area (Å²) in [6, 6.07) is 15.4. The fourth-order valence-electron chi connectivity index (χ4n) is 5.89. The molecule has 170 valence electrons. The Balaban J connectivity index is 1.25. The zero-order valence-electron chi connectivity index (χ0n) is 19.5.